The fraction of sp³-hybridized carbons (Fsp3) is 0.538. The molecule has 0 spiro atoms. The molecule has 1 aromatic carbocycles. The molecule has 0 unspecified atom stereocenters. The van der Waals surface area contributed by atoms with Gasteiger partial charge in [0.25, 0.3) is 0 Å². The minimum absolute atomic E-state index is 1.04. The molecule has 2 heteroatoms. The van der Waals surface area contributed by atoms with Gasteiger partial charge in [0.15, 0.2) is 0 Å². The van der Waals surface area contributed by atoms with E-state index >= 15 is 0 Å². The molecule has 84 valence electrons. The maximum absolute atomic E-state index is 3.17. The van der Waals surface area contributed by atoms with Crippen molar-refractivity contribution >= 4 is 0 Å². The molecule has 2 nitrogen and oxygen atoms in total. The summed E-state index contributed by atoms with van der Waals surface area (Å²) in [5.41, 5.74) is 4.26. The number of rotatable bonds is 5. The molecule has 0 aromatic heterocycles. The zero-order valence-electron chi connectivity index (χ0n) is 10.3. The standard InChI is InChI=1S/C13H22N2/c1-11-6-5-7-12(2)13(11)10-15(4)9-8-14-3/h5-7,14H,8-10H2,1-4H3. The Morgan fingerprint density at radius 3 is 2.33 bits per heavy atom. The topological polar surface area (TPSA) is 15.3 Å². The van der Waals surface area contributed by atoms with Crippen LogP contribution in [0.3, 0.4) is 0 Å². The number of likely N-dealkylation sites (N-methyl/N-ethyl adjacent to an activating group) is 2. The Labute approximate surface area is 93.3 Å². The first-order valence-corrected chi connectivity index (χ1v) is 5.53. The van der Waals surface area contributed by atoms with Gasteiger partial charge in [-0.2, -0.15) is 0 Å². The Kier molecular flexibility index (Phi) is 4.79. The number of benzene rings is 1. The largest absolute Gasteiger partial charge is 0.318 e. The third-order valence-corrected chi connectivity index (χ3v) is 2.82. The molecule has 0 saturated heterocycles. The second-order valence-corrected chi connectivity index (χ2v) is 4.21. The van der Waals surface area contributed by atoms with Gasteiger partial charge < -0.3 is 10.2 Å². The van der Waals surface area contributed by atoms with Crippen molar-refractivity contribution in [1.29, 1.82) is 0 Å². The van der Waals surface area contributed by atoms with Crippen LogP contribution in [0.1, 0.15) is 16.7 Å². The minimum Gasteiger partial charge on any atom is -0.318 e. The van der Waals surface area contributed by atoms with E-state index in [9.17, 15) is 0 Å². The van der Waals surface area contributed by atoms with E-state index in [4.69, 9.17) is 0 Å². The van der Waals surface area contributed by atoms with Crippen LogP contribution in [0.5, 0.6) is 0 Å². The van der Waals surface area contributed by atoms with Gasteiger partial charge in [-0.3, -0.25) is 0 Å². The van der Waals surface area contributed by atoms with E-state index in [1.807, 2.05) is 7.05 Å². The van der Waals surface area contributed by atoms with Gasteiger partial charge in [0.05, 0.1) is 0 Å². The highest BCUT2D eigenvalue weighted by Gasteiger charge is 2.04. The average molecular weight is 206 g/mol. The van der Waals surface area contributed by atoms with Gasteiger partial charge in [-0.15, -0.1) is 0 Å². The van der Waals surface area contributed by atoms with Crippen LogP contribution in [0.25, 0.3) is 0 Å². The third kappa shape index (κ3) is 3.65. The number of aryl methyl sites for hydroxylation is 2. The average Bonchev–Trinajstić information content (AvgIpc) is 2.21. The Hall–Kier alpha value is -0.860. The molecule has 0 aliphatic heterocycles. The van der Waals surface area contributed by atoms with Crippen LogP contribution >= 0.6 is 0 Å². The van der Waals surface area contributed by atoms with Crippen LogP contribution in [0.15, 0.2) is 18.2 Å². The Balaban J connectivity index is 2.63. The SMILES string of the molecule is CNCCN(C)Cc1c(C)cccc1C. The molecule has 1 rings (SSSR count). The van der Waals surface area contributed by atoms with Gasteiger partial charge >= 0.3 is 0 Å². The number of nitrogens with zero attached hydrogens (tertiary/aromatic N) is 1. The van der Waals surface area contributed by atoms with Crippen molar-refractivity contribution < 1.29 is 0 Å². The summed E-state index contributed by atoms with van der Waals surface area (Å²) < 4.78 is 0. The summed E-state index contributed by atoms with van der Waals surface area (Å²) in [4.78, 5) is 2.35. The molecular formula is C13H22N2. The molecule has 0 heterocycles. The van der Waals surface area contributed by atoms with Crippen LogP contribution < -0.4 is 5.32 Å². The van der Waals surface area contributed by atoms with E-state index in [0.29, 0.717) is 0 Å². The van der Waals surface area contributed by atoms with Crippen molar-refractivity contribution in [1.82, 2.24) is 10.2 Å². The van der Waals surface area contributed by atoms with Crippen molar-refractivity contribution in [2.24, 2.45) is 0 Å². The molecule has 1 N–H and O–H groups in total. The lowest BCUT2D eigenvalue weighted by atomic mass is 10.0. The number of nitrogens with one attached hydrogen (secondary N) is 1. The summed E-state index contributed by atoms with van der Waals surface area (Å²) in [6.07, 6.45) is 0. The second-order valence-electron chi connectivity index (χ2n) is 4.21. The molecule has 0 bridgehead atoms. The fourth-order valence-corrected chi connectivity index (χ4v) is 1.75. The van der Waals surface area contributed by atoms with E-state index in [1.165, 1.54) is 16.7 Å². The van der Waals surface area contributed by atoms with Gasteiger partial charge in [0.1, 0.15) is 0 Å². The van der Waals surface area contributed by atoms with E-state index in [1.54, 1.807) is 0 Å². The Morgan fingerprint density at radius 1 is 1.20 bits per heavy atom. The molecule has 0 aliphatic rings. The maximum Gasteiger partial charge on any atom is 0.0236 e. The Morgan fingerprint density at radius 2 is 1.80 bits per heavy atom. The summed E-state index contributed by atoms with van der Waals surface area (Å²) in [6.45, 7) is 7.55. The lowest BCUT2D eigenvalue weighted by Gasteiger charge is -2.19. The fourth-order valence-electron chi connectivity index (χ4n) is 1.75. The van der Waals surface area contributed by atoms with Crippen molar-refractivity contribution in [3.8, 4) is 0 Å². The molecule has 1 aromatic rings. The highest BCUT2D eigenvalue weighted by Crippen LogP contribution is 2.14. The van der Waals surface area contributed by atoms with E-state index in [2.05, 4.69) is 49.3 Å². The number of hydrogen-bond acceptors (Lipinski definition) is 2. The maximum atomic E-state index is 3.17. The summed E-state index contributed by atoms with van der Waals surface area (Å²) in [6, 6.07) is 6.50. The quantitative estimate of drug-likeness (QED) is 0.792. The normalized spacial score (nSPS) is 11.0. The molecule has 0 fully saturated rings. The summed E-state index contributed by atoms with van der Waals surface area (Å²) in [7, 11) is 4.16. The molecule has 0 amide bonds. The van der Waals surface area contributed by atoms with Crippen molar-refractivity contribution in [2.75, 3.05) is 27.2 Å². The molecule has 0 saturated carbocycles. The third-order valence-electron chi connectivity index (χ3n) is 2.82. The molecule has 0 atom stereocenters. The van der Waals surface area contributed by atoms with Crippen LogP contribution in [-0.2, 0) is 6.54 Å². The van der Waals surface area contributed by atoms with Crippen molar-refractivity contribution in [3.05, 3.63) is 34.9 Å². The lowest BCUT2D eigenvalue weighted by Crippen LogP contribution is -2.27. The Bertz CT molecular complexity index is 287. The first kappa shape index (κ1) is 12.2. The van der Waals surface area contributed by atoms with Crippen molar-refractivity contribution in [3.63, 3.8) is 0 Å². The first-order valence-electron chi connectivity index (χ1n) is 5.53. The van der Waals surface area contributed by atoms with E-state index in [0.717, 1.165) is 19.6 Å². The lowest BCUT2D eigenvalue weighted by molar-refractivity contribution is 0.327. The highest BCUT2D eigenvalue weighted by molar-refractivity contribution is 5.33. The number of hydrogen-bond donors (Lipinski definition) is 1. The smallest absolute Gasteiger partial charge is 0.0236 e. The van der Waals surface area contributed by atoms with Crippen LogP contribution in [0.4, 0.5) is 0 Å². The monoisotopic (exact) mass is 206 g/mol. The van der Waals surface area contributed by atoms with E-state index in [-0.39, 0.29) is 0 Å². The van der Waals surface area contributed by atoms with Gasteiger partial charge in [-0.25, -0.2) is 0 Å². The molecule has 0 radical (unpaired) electrons. The molecular weight excluding hydrogens is 184 g/mol. The highest BCUT2D eigenvalue weighted by atomic mass is 15.1. The van der Waals surface area contributed by atoms with Crippen LogP contribution in [0, 0.1) is 13.8 Å². The van der Waals surface area contributed by atoms with Gasteiger partial charge in [-0.1, -0.05) is 18.2 Å². The van der Waals surface area contributed by atoms with Crippen LogP contribution in [0.2, 0.25) is 0 Å². The summed E-state index contributed by atoms with van der Waals surface area (Å²) >= 11 is 0. The van der Waals surface area contributed by atoms with E-state index < -0.39 is 0 Å². The summed E-state index contributed by atoms with van der Waals surface area (Å²) in [5.74, 6) is 0. The zero-order valence-corrected chi connectivity index (χ0v) is 10.3. The minimum atomic E-state index is 1.04. The zero-order chi connectivity index (χ0) is 11.3. The second kappa shape index (κ2) is 5.89. The predicted octanol–water partition coefficient (Wildman–Crippen LogP) is 1.95. The van der Waals surface area contributed by atoms with Gasteiger partial charge in [-0.05, 0) is 44.6 Å². The van der Waals surface area contributed by atoms with Crippen LogP contribution in [-0.4, -0.2) is 32.1 Å². The molecule has 15 heavy (non-hydrogen) atoms. The van der Waals surface area contributed by atoms with Gasteiger partial charge in [0, 0.05) is 19.6 Å². The summed E-state index contributed by atoms with van der Waals surface area (Å²) in [5, 5.41) is 3.17. The van der Waals surface area contributed by atoms with Crippen molar-refractivity contribution in [2.45, 2.75) is 20.4 Å². The molecule has 0 aliphatic carbocycles. The van der Waals surface area contributed by atoms with Gasteiger partial charge in [0.2, 0.25) is 0 Å². The predicted molar refractivity (Wildman–Crippen MR) is 66.2 cm³/mol. The first-order chi connectivity index (χ1) is 7.15.